The molecular weight excluding hydrogens is 573 g/mol. The Morgan fingerprint density at radius 2 is 1.79 bits per heavy atom. The largest absolute Gasteiger partial charge is 0.335 e. The van der Waals surface area contributed by atoms with E-state index in [1.165, 1.54) is 12.1 Å². The molecule has 43 heavy (non-hydrogen) atoms. The molecule has 218 valence electrons. The molecule has 1 aromatic carbocycles. The number of pyridine rings is 3. The molecule has 0 spiro atoms. The summed E-state index contributed by atoms with van der Waals surface area (Å²) in [5.41, 5.74) is 6.27. The molecule has 0 bridgehead atoms. The Morgan fingerprint density at radius 3 is 2.60 bits per heavy atom. The zero-order valence-corrected chi connectivity index (χ0v) is 24.0. The summed E-state index contributed by atoms with van der Waals surface area (Å²) in [7, 11) is -3.46. The maximum Gasteiger partial charge on any atom is 0.224 e. The lowest BCUT2D eigenvalue weighted by Crippen LogP contribution is -2.21. The van der Waals surface area contributed by atoms with Crippen molar-refractivity contribution in [2.75, 3.05) is 11.6 Å². The standard InChI is InChI=1S/C29H26FN9O3S/c1-3-4-25(40)34-20-10-18(12-31-13-20)22-5-6-23-27(35-22)28(39-38-23)29-36-24-15-32-14-21(26(24)37-29)17-7-16(8-19(30)9-17)11-33-43(2,41)42/h5-10,12-15,33H,3-4,11H2,1-2H3,(H,34,40)(H,36,37)(H,38,39). The monoisotopic (exact) mass is 599 g/mol. The molecular formula is C29H26FN9O3S. The molecule has 0 fully saturated rings. The lowest BCUT2D eigenvalue weighted by atomic mass is 10.0. The number of hydrogen-bond donors (Lipinski definition) is 4. The van der Waals surface area contributed by atoms with Gasteiger partial charge in [0.25, 0.3) is 0 Å². The van der Waals surface area contributed by atoms with Gasteiger partial charge < -0.3 is 10.3 Å². The van der Waals surface area contributed by atoms with E-state index in [-0.39, 0.29) is 12.5 Å². The first-order valence-corrected chi connectivity index (χ1v) is 15.2. The van der Waals surface area contributed by atoms with Gasteiger partial charge >= 0.3 is 0 Å². The van der Waals surface area contributed by atoms with E-state index in [1.54, 1.807) is 30.9 Å². The van der Waals surface area contributed by atoms with Crippen molar-refractivity contribution in [3.8, 4) is 33.9 Å². The van der Waals surface area contributed by atoms with Crippen molar-refractivity contribution in [1.82, 2.24) is 39.8 Å². The number of fused-ring (bicyclic) bond motifs is 2. The van der Waals surface area contributed by atoms with Crippen LogP contribution in [0.2, 0.25) is 0 Å². The molecule has 12 nitrogen and oxygen atoms in total. The molecule has 5 aromatic heterocycles. The van der Waals surface area contributed by atoms with E-state index in [0.29, 0.717) is 73.6 Å². The molecule has 0 aliphatic carbocycles. The van der Waals surface area contributed by atoms with Gasteiger partial charge in [0, 0.05) is 36.5 Å². The molecule has 0 unspecified atom stereocenters. The fraction of sp³-hybridized carbons (Fsp3) is 0.172. The topological polar surface area (TPSA) is 171 Å². The maximum atomic E-state index is 14.6. The Balaban J connectivity index is 1.37. The normalized spacial score (nSPS) is 11.8. The quantitative estimate of drug-likeness (QED) is 0.187. The predicted octanol–water partition coefficient (Wildman–Crippen LogP) is 4.55. The predicted molar refractivity (Wildman–Crippen MR) is 161 cm³/mol. The Bertz CT molecular complexity index is 2110. The van der Waals surface area contributed by atoms with Gasteiger partial charge in [0.15, 0.2) is 11.5 Å². The van der Waals surface area contributed by atoms with Crippen LogP contribution < -0.4 is 10.0 Å². The van der Waals surface area contributed by atoms with Crippen LogP contribution in [0.4, 0.5) is 10.1 Å². The SMILES string of the molecule is CCCC(=O)Nc1cncc(-c2ccc3[nH]nc(-c4nc5c(-c6cc(F)cc(CNS(C)(=O)=O)c6)cncc5[nH]4)c3n2)c1. The number of H-pyrrole nitrogens is 2. The first-order chi connectivity index (χ1) is 20.7. The van der Waals surface area contributed by atoms with Crippen LogP contribution in [-0.4, -0.2) is 55.7 Å². The van der Waals surface area contributed by atoms with E-state index in [9.17, 15) is 17.6 Å². The van der Waals surface area contributed by atoms with E-state index < -0.39 is 15.8 Å². The van der Waals surface area contributed by atoms with E-state index >= 15 is 0 Å². The average Bonchev–Trinajstić information content (AvgIpc) is 3.59. The summed E-state index contributed by atoms with van der Waals surface area (Å²) in [5, 5.41) is 10.3. The molecule has 0 saturated carbocycles. The van der Waals surface area contributed by atoms with Crippen molar-refractivity contribution >= 4 is 43.7 Å². The smallest absolute Gasteiger partial charge is 0.224 e. The third-order valence-electron chi connectivity index (χ3n) is 6.63. The molecule has 6 aromatic rings. The second-order valence-corrected chi connectivity index (χ2v) is 11.9. The van der Waals surface area contributed by atoms with E-state index in [2.05, 4.69) is 35.2 Å². The van der Waals surface area contributed by atoms with Crippen LogP contribution in [0.25, 0.3) is 56.0 Å². The molecule has 4 N–H and O–H groups in total. The first-order valence-electron chi connectivity index (χ1n) is 13.4. The van der Waals surface area contributed by atoms with Gasteiger partial charge in [-0.1, -0.05) is 6.92 Å². The minimum atomic E-state index is -3.46. The highest BCUT2D eigenvalue weighted by Gasteiger charge is 2.18. The van der Waals surface area contributed by atoms with Crippen molar-refractivity contribution in [2.45, 2.75) is 26.3 Å². The molecule has 5 heterocycles. The van der Waals surface area contributed by atoms with Crippen LogP contribution in [0.1, 0.15) is 25.3 Å². The number of anilines is 1. The third-order valence-corrected chi connectivity index (χ3v) is 7.30. The van der Waals surface area contributed by atoms with Crippen molar-refractivity contribution in [3.05, 3.63) is 72.6 Å². The highest BCUT2D eigenvalue weighted by molar-refractivity contribution is 7.88. The van der Waals surface area contributed by atoms with Crippen molar-refractivity contribution in [1.29, 1.82) is 0 Å². The van der Waals surface area contributed by atoms with Gasteiger partial charge in [-0.3, -0.25) is 19.9 Å². The fourth-order valence-electron chi connectivity index (χ4n) is 4.70. The highest BCUT2D eigenvalue weighted by atomic mass is 32.2. The number of hydrogen-bond acceptors (Lipinski definition) is 8. The van der Waals surface area contributed by atoms with Gasteiger partial charge in [0.1, 0.15) is 11.3 Å². The summed E-state index contributed by atoms with van der Waals surface area (Å²) in [6.07, 6.45) is 8.64. The average molecular weight is 600 g/mol. The number of nitrogens with one attached hydrogen (secondary N) is 4. The molecule has 14 heteroatoms. The molecule has 0 aliphatic rings. The molecule has 0 aliphatic heterocycles. The van der Waals surface area contributed by atoms with Crippen molar-refractivity contribution < 1.29 is 17.6 Å². The summed E-state index contributed by atoms with van der Waals surface area (Å²) in [6, 6.07) is 9.81. The number of aromatic amines is 2. The second kappa shape index (κ2) is 11.3. The Kier molecular flexibility index (Phi) is 7.38. The number of imidazole rings is 1. The number of sulfonamides is 1. The third kappa shape index (κ3) is 6.10. The molecule has 6 rings (SSSR count). The zero-order chi connectivity index (χ0) is 30.1. The summed E-state index contributed by atoms with van der Waals surface area (Å²) in [5.74, 6) is -0.177. The molecule has 0 radical (unpaired) electrons. The van der Waals surface area contributed by atoms with Crippen molar-refractivity contribution in [2.24, 2.45) is 0 Å². The second-order valence-electron chi connectivity index (χ2n) is 10.0. The minimum Gasteiger partial charge on any atom is -0.335 e. The Morgan fingerprint density at radius 1 is 0.953 bits per heavy atom. The molecule has 0 saturated heterocycles. The maximum absolute atomic E-state index is 14.6. The Hall–Kier alpha value is -5.08. The van der Waals surface area contributed by atoms with Crippen LogP contribution in [0.3, 0.4) is 0 Å². The van der Waals surface area contributed by atoms with E-state index in [4.69, 9.17) is 9.97 Å². The van der Waals surface area contributed by atoms with Crippen LogP contribution in [0, 0.1) is 5.82 Å². The Labute approximate surface area is 245 Å². The van der Waals surface area contributed by atoms with Crippen LogP contribution in [-0.2, 0) is 21.4 Å². The van der Waals surface area contributed by atoms with Crippen molar-refractivity contribution in [3.63, 3.8) is 0 Å². The minimum absolute atomic E-state index is 0.0599. The lowest BCUT2D eigenvalue weighted by molar-refractivity contribution is -0.116. The number of aromatic nitrogens is 7. The number of amides is 1. The number of nitrogens with zero attached hydrogens (tertiary/aromatic N) is 5. The highest BCUT2D eigenvalue weighted by Crippen LogP contribution is 2.32. The zero-order valence-electron chi connectivity index (χ0n) is 23.1. The van der Waals surface area contributed by atoms with Gasteiger partial charge in [-0.25, -0.2) is 27.5 Å². The van der Waals surface area contributed by atoms with Crippen LogP contribution in [0.15, 0.2) is 61.2 Å². The summed E-state index contributed by atoms with van der Waals surface area (Å²) < 4.78 is 40.0. The van der Waals surface area contributed by atoms with Gasteiger partial charge in [-0.05, 0) is 53.9 Å². The number of benzene rings is 1. The van der Waals surface area contributed by atoms with Gasteiger partial charge in [0.2, 0.25) is 15.9 Å². The first kappa shape index (κ1) is 28.1. The fourth-order valence-corrected chi connectivity index (χ4v) is 5.13. The molecule has 0 atom stereocenters. The molecule has 1 amide bonds. The van der Waals surface area contributed by atoms with Gasteiger partial charge in [-0.15, -0.1) is 0 Å². The summed E-state index contributed by atoms with van der Waals surface area (Å²) in [6.45, 7) is 1.88. The van der Waals surface area contributed by atoms with Gasteiger partial charge in [-0.2, -0.15) is 5.10 Å². The van der Waals surface area contributed by atoms with Gasteiger partial charge in [0.05, 0.1) is 46.6 Å². The number of halogens is 1. The van der Waals surface area contributed by atoms with E-state index in [1.807, 2.05) is 25.1 Å². The van der Waals surface area contributed by atoms with Crippen LogP contribution in [0.5, 0.6) is 0 Å². The summed E-state index contributed by atoms with van der Waals surface area (Å²) >= 11 is 0. The number of carbonyl (C=O) groups is 1. The number of rotatable bonds is 9. The van der Waals surface area contributed by atoms with E-state index in [0.717, 1.165) is 12.7 Å². The van der Waals surface area contributed by atoms with Crippen LogP contribution >= 0.6 is 0 Å². The lowest BCUT2D eigenvalue weighted by Gasteiger charge is -2.07. The summed E-state index contributed by atoms with van der Waals surface area (Å²) in [4.78, 5) is 33.5. The number of carbonyl (C=O) groups excluding carboxylic acids is 1.